The maximum absolute atomic E-state index is 12.7. The second-order valence-corrected chi connectivity index (χ2v) is 7.55. The lowest BCUT2D eigenvalue weighted by atomic mass is 10.0. The number of rotatable bonds is 8. The highest BCUT2D eigenvalue weighted by atomic mass is 35.5. The molecule has 0 aliphatic carbocycles. The highest BCUT2D eigenvalue weighted by Gasteiger charge is 2.29. The third kappa shape index (κ3) is 5.06. The van der Waals surface area contributed by atoms with E-state index in [0.717, 1.165) is 64.1 Å². The summed E-state index contributed by atoms with van der Waals surface area (Å²) in [4.78, 5) is 15.1. The predicted molar refractivity (Wildman–Crippen MR) is 106 cm³/mol. The Kier molecular flexibility index (Phi) is 7.21. The van der Waals surface area contributed by atoms with Gasteiger partial charge in [0.15, 0.2) is 0 Å². The number of nitrogens with two attached hydrogens (primary N) is 1. The van der Waals surface area contributed by atoms with Crippen LogP contribution in [-0.4, -0.2) is 56.4 Å². The largest absolute Gasteiger partial charge is 0.492 e. The molecular formula is C20H29ClN2O4. The van der Waals surface area contributed by atoms with Gasteiger partial charge in [-0.1, -0.05) is 18.5 Å². The first-order chi connectivity index (χ1) is 13.1. The normalized spacial score (nSPS) is 17.6. The molecule has 7 heteroatoms. The molecule has 0 amide bonds. The number of carbonyl (C=O) groups is 1. The Balaban J connectivity index is 1.48. The highest BCUT2D eigenvalue weighted by molar-refractivity contribution is 6.33. The number of nitrogen functional groups attached to an aromatic ring is 1. The van der Waals surface area contributed by atoms with Crippen molar-refractivity contribution in [2.75, 3.05) is 45.2 Å². The van der Waals surface area contributed by atoms with Crippen LogP contribution in [-0.2, 0) is 15.9 Å². The van der Waals surface area contributed by atoms with Gasteiger partial charge in [0.2, 0.25) is 0 Å². The number of hydrogen-bond acceptors (Lipinski definition) is 6. The van der Waals surface area contributed by atoms with Crippen LogP contribution < -0.4 is 10.5 Å². The summed E-state index contributed by atoms with van der Waals surface area (Å²) in [5, 5.41) is 0.381. The fraction of sp³-hybridized carbons (Fsp3) is 0.650. The summed E-state index contributed by atoms with van der Waals surface area (Å²) in [6, 6.07) is 1.56. The van der Waals surface area contributed by atoms with Gasteiger partial charge in [0.25, 0.3) is 0 Å². The molecule has 0 atom stereocenters. The second kappa shape index (κ2) is 9.62. The number of hydrogen-bond donors (Lipinski definition) is 1. The summed E-state index contributed by atoms with van der Waals surface area (Å²) in [5.74, 6) is 0.160. The Morgan fingerprint density at radius 1 is 1.37 bits per heavy atom. The van der Waals surface area contributed by atoms with Crippen LogP contribution in [0, 0.1) is 0 Å². The maximum atomic E-state index is 12.7. The molecule has 0 aromatic heterocycles. The third-order valence-electron chi connectivity index (χ3n) is 5.11. The molecule has 0 bridgehead atoms. The number of piperidine rings is 1. The quantitative estimate of drug-likeness (QED) is 0.413. The van der Waals surface area contributed by atoms with Gasteiger partial charge in [-0.2, -0.15) is 0 Å². The van der Waals surface area contributed by atoms with Crippen molar-refractivity contribution in [2.24, 2.45) is 0 Å². The van der Waals surface area contributed by atoms with Crippen LogP contribution >= 0.6 is 11.6 Å². The van der Waals surface area contributed by atoms with Gasteiger partial charge in [-0.3, -0.25) is 0 Å². The van der Waals surface area contributed by atoms with E-state index in [9.17, 15) is 4.79 Å². The van der Waals surface area contributed by atoms with E-state index >= 15 is 0 Å². The summed E-state index contributed by atoms with van der Waals surface area (Å²) in [6.07, 6.45) is 4.38. The number of carbonyl (C=O) groups excluding carboxylic acids is 1. The summed E-state index contributed by atoms with van der Waals surface area (Å²) in [6.45, 7) is 7.17. The Labute approximate surface area is 165 Å². The van der Waals surface area contributed by atoms with Crippen LogP contribution in [0.25, 0.3) is 0 Å². The van der Waals surface area contributed by atoms with Crippen LogP contribution in [0.3, 0.4) is 0 Å². The van der Waals surface area contributed by atoms with Crippen LogP contribution in [0.1, 0.15) is 48.5 Å². The van der Waals surface area contributed by atoms with Crippen molar-refractivity contribution in [2.45, 2.75) is 45.1 Å². The van der Waals surface area contributed by atoms with Crippen molar-refractivity contribution in [3.8, 4) is 5.75 Å². The lowest BCUT2D eigenvalue weighted by molar-refractivity contribution is 0.0100. The Morgan fingerprint density at radius 2 is 2.15 bits per heavy atom. The van der Waals surface area contributed by atoms with E-state index in [1.54, 1.807) is 6.07 Å². The number of benzene rings is 1. The standard InChI is InChI=1S/C20H29ClN2O4/c1-2-10-25-11-3-7-23-8-4-14(5-9-23)27-20(24)16-13-17(21)18(22)15-6-12-26-19(15)16/h13-14H,2-12,22H2,1H3. The first-order valence-corrected chi connectivity index (χ1v) is 10.2. The minimum absolute atomic E-state index is 0.0709. The average molecular weight is 397 g/mol. The molecule has 0 unspecified atom stereocenters. The lowest BCUT2D eigenvalue weighted by Crippen LogP contribution is -2.38. The number of halogens is 1. The molecule has 27 heavy (non-hydrogen) atoms. The summed E-state index contributed by atoms with van der Waals surface area (Å²) < 4.78 is 16.9. The van der Waals surface area contributed by atoms with Crippen molar-refractivity contribution in [3.05, 3.63) is 22.2 Å². The van der Waals surface area contributed by atoms with Gasteiger partial charge < -0.3 is 24.8 Å². The molecular weight excluding hydrogens is 368 g/mol. The van der Waals surface area contributed by atoms with Gasteiger partial charge >= 0.3 is 5.97 Å². The van der Waals surface area contributed by atoms with E-state index in [2.05, 4.69) is 11.8 Å². The van der Waals surface area contributed by atoms with Gasteiger partial charge in [-0.15, -0.1) is 0 Å². The van der Waals surface area contributed by atoms with Crippen LogP contribution in [0.5, 0.6) is 5.75 Å². The Morgan fingerprint density at radius 3 is 2.89 bits per heavy atom. The van der Waals surface area contributed by atoms with E-state index in [0.29, 0.717) is 35.1 Å². The van der Waals surface area contributed by atoms with Crippen molar-refractivity contribution < 1.29 is 19.0 Å². The minimum Gasteiger partial charge on any atom is -0.492 e. The van der Waals surface area contributed by atoms with Crippen LogP contribution in [0.2, 0.25) is 5.02 Å². The van der Waals surface area contributed by atoms with Gasteiger partial charge in [0.1, 0.15) is 17.4 Å². The first-order valence-electron chi connectivity index (χ1n) is 9.84. The number of anilines is 1. The third-order valence-corrected chi connectivity index (χ3v) is 5.42. The highest BCUT2D eigenvalue weighted by Crippen LogP contribution is 2.39. The molecule has 1 aromatic carbocycles. The molecule has 150 valence electrons. The zero-order valence-corrected chi connectivity index (χ0v) is 16.7. The zero-order chi connectivity index (χ0) is 19.2. The SMILES string of the molecule is CCCOCCCN1CCC(OC(=O)c2cc(Cl)c(N)c3c2OCC3)CC1. The zero-order valence-electron chi connectivity index (χ0n) is 16.0. The van der Waals surface area contributed by atoms with E-state index < -0.39 is 0 Å². The second-order valence-electron chi connectivity index (χ2n) is 7.14. The van der Waals surface area contributed by atoms with E-state index in [4.69, 9.17) is 31.5 Å². The molecule has 2 aliphatic heterocycles. The fourth-order valence-electron chi connectivity index (χ4n) is 3.62. The smallest absolute Gasteiger partial charge is 0.342 e. The number of esters is 1. The maximum Gasteiger partial charge on any atom is 0.342 e. The minimum atomic E-state index is -0.374. The molecule has 6 nitrogen and oxygen atoms in total. The molecule has 1 fully saturated rings. The summed E-state index contributed by atoms with van der Waals surface area (Å²) >= 11 is 6.18. The molecule has 1 aromatic rings. The van der Waals surface area contributed by atoms with Crippen molar-refractivity contribution in [1.82, 2.24) is 4.90 Å². The van der Waals surface area contributed by atoms with Gasteiger partial charge in [0.05, 0.1) is 17.3 Å². The van der Waals surface area contributed by atoms with Crippen molar-refractivity contribution >= 4 is 23.3 Å². The molecule has 0 saturated carbocycles. The molecule has 0 spiro atoms. The Hall–Kier alpha value is -1.50. The van der Waals surface area contributed by atoms with Crippen LogP contribution in [0.4, 0.5) is 5.69 Å². The molecule has 0 radical (unpaired) electrons. The average Bonchev–Trinajstić information content (AvgIpc) is 3.16. The molecule has 3 rings (SSSR count). The molecule has 1 saturated heterocycles. The topological polar surface area (TPSA) is 74.0 Å². The summed E-state index contributed by atoms with van der Waals surface area (Å²) in [7, 11) is 0. The number of nitrogens with zero attached hydrogens (tertiary/aromatic N) is 1. The van der Waals surface area contributed by atoms with Crippen molar-refractivity contribution in [3.63, 3.8) is 0 Å². The van der Waals surface area contributed by atoms with Gasteiger partial charge in [-0.05, 0) is 31.7 Å². The van der Waals surface area contributed by atoms with Gasteiger partial charge in [-0.25, -0.2) is 4.79 Å². The molecule has 2 heterocycles. The number of ether oxygens (including phenoxy) is 3. The number of likely N-dealkylation sites (tertiary alicyclic amines) is 1. The first kappa shape index (κ1) is 20.2. The van der Waals surface area contributed by atoms with E-state index in [1.807, 2.05) is 0 Å². The van der Waals surface area contributed by atoms with Crippen LogP contribution in [0.15, 0.2) is 6.07 Å². The van der Waals surface area contributed by atoms with Crippen molar-refractivity contribution in [1.29, 1.82) is 0 Å². The Bertz CT molecular complexity index is 660. The number of fused-ring (bicyclic) bond motifs is 1. The molecule has 2 aliphatic rings. The monoisotopic (exact) mass is 396 g/mol. The lowest BCUT2D eigenvalue weighted by Gasteiger charge is -2.31. The van der Waals surface area contributed by atoms with E-state index in [-0.39, 0.29) is 12.1 Å². The van der Waals surface area contributed by atoms with E-state index in [1.165, 1.54) is 0 Å². The fourth-order valence-corrected chi connectivity index (χ4v) is 3.84. The predicted octanol–water partition coefficient (Wildman–Crippen LogP) is 3.30. The van der Waals surface area contributed by atoms with Gasteiger partial charge in [0, 0.05) is 44.8 Å². The molecule has 2 N–H and O–H groups in total. The summed E-state index contributed by atoms with van der Waals surface area (Å²) in [5.41, 5.74) is 7.69.